The van der Waals surface area contributed by atoms with Gasteiger partial charge in [-0.1, -0.05) is 6.92 Å². The van der Waals surface area contributed by atoms with Gasteiger partial charge >= 0.3 is 0 Å². The quantitative estimate of drug-likeness (QED) is 0.766. The first-order chi connectivity index (χ1) is 8.04. The fraction of sp³-hybridized carbons (Fsp3) is 0.500. The monoisotopic (exact) mass is 238 g/mol. The van der Waals surface area contributed by atoms with Crippen LogP contribution in [0.5, 0.6) is 0 Å². The molecule has 5 nitrogen and oxygen atoms in total. The molecule has 0 aliphatic rings. The van der Waals surface area contributed by atoms with Crippen LogP contribution in [0, 0.1) is 5.92 Å². The van der Waals surface area contributed by atoms with Gasteiger partial charge < -0.3 is 15.0 Å². The van der Waals surface area contributed by atoms with Crippen molar-refractivity contribution in [3.63, 3.8) is 0 Å². The van der Waals surface area contributed by atoms with Crippen LogP contribution in [0.15, 0.2) is 23.1 Å². The maximum absolute atomic E-state index is 11.7. The zero-order valence-electron chi connectivity index (χ0n) is 10.1. The molecule has 0 radical (unpaired) electrons. The minimum absolute atomic E-state index is 0.114. The van der Waals surface area contributed by atoms with Gasteiger partial charge in [0.05, 0.1) is 0 Å². The van der Waals surface area contributed by atoms with E-state index in [0.29, 0.717) is 18.5 Å². The molecule has 1 unspecified atom stereocenters. The third-order valence-electron chi connectivity index (χ3n) is 2.60. The Labute approximate surface area is 100 Å². The summed E-state index contributed by atoms with van der Waals surface area (Å²) in [4.78, 5) is 23.0. The van der Waals surface area contributed by atoms with Crippen LogP contribution in [0.1, 0.15) is 23.7 Å². The summed E-state index contributed by atoms with van der Waals surface area (Å²) in [6, 6.07) is 2.92. The number of aliphatic hydroxyl groups excluding tert-OH is 1. The molecule has 0 spiro atoms. The second-order valence-electron chi connectivity index (χ2n) is 4.19. The van der Waals surface area contributed by atoms with E-state index in [-0.39, 0.29) is 24.0 Å². The zero-order valence-corrected chi connectivity index (χ0v) is 10.1. The van der Waals surface area contributed by atoms with E-state index in [1.165, 1.54) is 10.6 Å². The van der Waals surface area contributed by atoms with E-state index in [0.717, 1.165) is 0 Å². The van der Waals surface area contributed by atoms with Crippen LogP contribution in [0.3, 0.4) is 0 Å². The van der Waals surface area contributed by atoms with Gasteiger partial charge in [-0.05, 0) is 18.4 Å². The van der Waals surface area contributed by atoms with Crippen molar-refractivity contribution >= 4 is 5.91 Å². The Morgan fingerprint density at radius 1 is 1.59 bits per heavy atom. The second-order valence-corrected chi connectivity index (χ2v) is 4.19. The summed E-state index contributed by atoms with van der Waals surface area (Å²) in [5.41, 5.74) is 0.158. The van der Waals surface area contributed by atoms with Crippen LogP contribution in [-0.4, -0.2) is 28.7 Å². The lowest BCUT2D eigenvalue weighted by Crippen LogP contribution is -2.30. The number of carbonyl (C=O) groups excluding carboxylic acids is 1. The molecule has 0 saturated carbocycles. The molecule has 1 aromatic rings. The summed E-state index contributed by atoms with van der Waals surface area (Å²) in [7, 11) is 1.63. The van der Waals surface area contributed by atoms with Crippen molar-refractivity contribution < 1.29 is 9.90 Å². The highest BCUT2D eigenvalue weighted by molar-refractivity contribution is 5.93. The molecule has 1 rings (SSSR count). The summed E-state index contributed by atoms with van der Waals surface area (Å²) in [6.07, 6.45) is 2.21. The maximum Gasteiger partial charge on any atom is 0.251 e. The lowest BCUT2D eigenvalue weighted by molar-refractivity contribution is 0.0945. The third-order valence-corrected chi connectivity index (χ3v) is 2.60. The highest BCUT2D eigenvalue weighted by atomic mass is 16.3. The molecule has 1 amide bonds. The molecular formula is C12H18N2O3. The molecule has 17 heavy (non-hydrogen) atoms. The molecule has 0 saturated heterocycles. The first-order valence-corrected chi connectivity index (χ1v) is 5.60. The highest BCUT2D eigenvalue weighted by Crippen LogP contribution is 2.00. The number of aryl methyl sites for hydroxylation is 1. The van der Waals surface area contributed by atoms with Crippen molar-refractivity contribution in [1.29, 1.82) is 0 Å². The van der Waals surface area contributed by atoms with Crippen molar-refractivity contribution in [3.05, 3.63) is 34.2 Å². The van der Waals surface area contributed by atoms with Crippen LogP contribution >= 0.6 is 0 Å². The van der Waals surface area contributed by atoms with Crippen molar-refractivity contribution in [3.8, 4) is 0 Å². The number of amides is 1. The van der Waals surface area contributed by atoms with Crippen LogP contribution in [0.2, 0.25) is 0 Å². The van der Waals surface area contributed by atoms with Gasteiger partial charge in [-0.15, -0.1) is 0 Å². The number of carbonyl (C=O) groups is 1. The highest BCUT2D eigenvalue weighted by Gasteiger charge is 2.08. The Bertz CT molecular complexity index is 440. The van der Waals surface area contributed by atoms with Crippen molar-refractivity contribution in [2.75, 3.05) is 13.2 Å². The van der Waals surface area contributed by atoms with E-state index in [2.05, 4.69) is 5.32 Å². The van der Waals surface area contributed by atoms with Gasteiger partial charge in [0.1, 0.15) is 0 Å². The van der Waals surface area contributed by atoms with Crippen molar-refractivity contribution in [2.24, 2.45) is 13.0 Å². The van der Waals surface area contributed by atoms with Crippen molar-refractivity contribution in [2.45, 2.75) is 13.3 Å². The number of hydrogen-bond donors (Lipinski definition) is 2. The zero-order chi connectivity index (χ0) is 12.8. The molecule has 2 N–H and O–H groups in total. The molecule has 0 bridgehead atoms. The minimum atomic E-state index is -0.257. The lowest BCUT2D eigenvalue weighted by Gasteiger charge is -2.11. The van der Waals surface area contributed by atoms with Crippen molar-refractivity contribution in [1.82, 2.24) is 9.88 Å². The Kier molecular flexibility index (Phi) is 4.90. The van der Waals surface area contributed by atoms with Gasteiger partial charge in [0.15, 0.2) is 0 Å². The van der Waals surface area contributed by atoms with Gasteiger partial charge in [-0.2, -0.15) is 0 Å². The van der Waals surface area contributed by atoms with Gasteiger partial charge in [-0.25, -0.2) is 0 Å². The fourth-order valence-corrected chi connectivity index (χ4v) is 1.38. The van der Waals surface area contributed by atoms with Gasteiger partial charge in [0, 0.05) is 38.0 Å². The molecule has 0 aromatic carbocycles. The molecule has 94 valence electrons. The van der Waals surface area contributed by atoms with Gasteiger partial charge in [0.2, 0.25) is 0 Å². The van der Waals surface area contributed by atoms with E-state index in [1.54, 1.807) is 19.3 Å². The summed E-state index contributed by atoms with van der Waals surface area (Å²) in [6.45, 7) is 2.55. The van der Waals surface area contributed by atoms with E-state index >= 15 is 0 Å². The normalized spacial score (nSPS) is 12.2. The smallest absolute Gasteiger partial charge is 0.251 e. The molecule has 0 aliphatic heterocycles. The van der Waals surface area contributed by atoms with Crippen LogP contribution < -0.4 is 10.9 Å². The first-order valence-electron chi connectivity index (χ1n) is 5.60. The lowest BCUT2D eigenvalue weighted by atomic mass is 10.1. The minimum Gasteiger partial charge on any atom is -0.396 e. The predicted molar refractivity (Wildman–Crippen MR) is 64.9 cm³/mol. The average Bonchev–Trinajstić information content (AvgIpc) is 2.30. The molecule has 5 heteroatoms. The number of pyridine rings is 1. The summed E-state index contributed by atoms with van der Waals surface area (Å²) in [5, 5.41) is 11.5. The molecule has 1 atom stereocenters. The number of rotatable bonds is 5. The SMILES string of the molecule is CC(CCO)CNC(=O)c1ccn(C)c(=O)c1. The number of nitrogens with one attached hydrogen (secondary N) is 1. The van der Waals surface area contributed by atoms with Gasteiger partial charge in [0.25, 0.3) is 11.5 Å². The molecular weight excluding hydrogens is 220 g/mol. The maximum atomic E-state index is 11.7. The summed E-state index contributed by atoms with van der Waals surface area (Å²) < 4.78 is 1.41. The van der Waals surface area contributed by atoms with Crippen LogP contribution in [0.25, 0.3) is 0 Å². The molecule has 1 aromatic heterocycles. The Balaban J connectivity index is 2.58. The van der Waals surface area contributed by atoms with Gasteiger partial charge in [-0.3, -0.25) is 9.59 Å². The Morgan fingerprint density at radius 2 is 2.29 bits per heavy atom. The summed E-state index contributed by atoms with van der Waals surface area (Å²) in [5.74, 6) is -0.0389. The standard InChI is InChI=1S/C12H18N2O3/c1-9(4-6-15)8-13-12(17)10-3-5-14(2)11(16)7-10/h3,5,7,9,15H,4,6,8H2,1-2H3,(H,13,17). The van der Waals surface area contributed by atoms with Crippen LogP contribution in [0.4, 0.5) is 0 Å². The predicted octanol–water partition coefficient (Wildman–Crippen LogP) is 0.134. The molecule has 0 aliphatic carbocycles. The fourth-order valence-electron chi connectivity index (χ4n) is 1.38. The van der Waals surface area contributed by atoms with E-state index in [9.17, 15) is 9.59 Å². The van der Waals surface area contributed by atoms with E-state index in [1.807, 2.05) is 6.92 Å². The molecule has 0 fully saturated rings. The molecule has 1 heterocycles. The number of aliphatic hydroxyl groups is 1. The summed E-state index contributed by atoms with van der Waals surface area (Å²) >= 11 is 0. The number of aromatic nitrogens is 1. The third kappa shape index (κ3) is 4.03. The van der Waals surface area contributed by atoms with Crippen LogP contribution in [-0.2, 0) is 7.05 Å². The first kappa shape index (κ1) is 13.4. The Hall–Kier alpha value is -1.62. The van der Waals surface area contributed by atoms with E-state index < -0.39 is 0 Å². The topological polar surface area (TPSA) is 71.3 Å². The number of hydrogen-bond acceptors (Lipinski definition) is 3. The average molecular weight is 238 g/mol. The Morgan fingerprint density at radius 3 is 2.88 bits per heavy atom. The number of nitrogens with zero attached hydrogens (tertiary/aromatic N) is 1. The largest absolute Gasteiger partial charge is 0.396 e. The van der Waals surface area contributed by atoms with E-state index in [4.69, 9.17) is 5.11 Å². The second kappa shape index (κ2) is 6.20.